The van der Waals surface area contributed by atoms with Crippen molar-refractivity contribution in [2.45, 2.75) is 56.4 Å². The van der Waals surface area contributed by atoms with E-state index in [4.69, 9.17) is 16.1 Å². The summed E-state index contributed by atoms with van der Waals surface area (Å²) in [6, 6.07) is 5.66. The van der Waals surface area contributed by atoms with E-state index in [2.05, 4.69) is 33.0 Å². The number of fused-ring (bicyclic) bond motifs is 3. The highest BCUT2D eigenvalue weighted by atomic mass is 19.1. The Labute approximate surface area is 253 Å². The first kappa shape index (κ1) is 28.6. The smallest absolute Gasteiger partial charge is 0.319 e. The van der Waals surface area contributed by atoms with E-state index in [0.717, 1.165) is 32.4 Å². The Kier molecular flexibility index (Phi) is 7.02. The van der Waals surface area contributed by atoms with Gasteiger partial charge in [-0.2, -0.15) is 9.97 Å². The number of alkyl halides is 1. The molecule has 7 rings (SSSR count). The number of likely N-dealkylation sites (N-methyl/N-ethyl adjacent to an activating group) is 1. The van der Waals surface area contributed by atoms with Crippen LogP contribution in [0.3, 0.4) is 0 Å². The monoisotopic (exact) mass is 602 g/mol. The molecule has 44 heavy (non-hydrogen) atoms. The second-order valence-corrected chi connectivity index (χ2v) is 12.2. The van der Waals surface area contributed by atoms with Gasteiger partial charge in [-0.15, -0.1) is 6.42 Å². The van der Waals surface area contributed by atoms with Gasteiger partial charge in [0, 0.05) is 49.2 Å². The van der Waals surface area contributed by atoms with Crippen LogP contribution >= 0.6 is 0 Å². The number of pyridine rings is 1. The molecule has 4 atom stereocenters. The van der Waals surface area contributed by atoms with Crippen LogP contribution in [-0.2, 0) is 0 Å². The van der Waals surface area contributed by atoms with Gasteiger partial charge in [0.05, 0.1) is 16.5 Å². The van der Waals surface area contributed by atoms with Crippen molar-refractivity contribution in [2.24, 2.45) is 0 Å². The van der Waals surface area contributed by atoms with Crippen molar-refractivity contribution < 1.29 is 23.0 Å². The molecule has 5 heterocycles. The summed E-state index contributed by atoms with van der Waals surface area (Å²) in [4.78, 5) is 17.9. The number of rotatable bonds is 6. The fourth-order valence-corrected chi connectivity index (χ4v) is 7.47. The van der Waals surface area contributed by atoms with Crippen LogP contribution in [0.2, 0.25) is 0 Å². The average Bonchev–Trinajstić information content (AvgIpc) is 3.69. The molecule has 2 aromatic carbocycles. The van der Waals surface area contributed by atoms with Crippen molar-refractivity contribution >= 4 is 27.5 Å². The number of phenols is 1. The molecule has 228 valence electrons. The number of phenolic OH excluding ortho intramolecular Hbond substituents is 1. The van der Waals surface area contributed by atoms with E-state index >= 15 is 4.39 Å². The number of halogens is 3. The van der Waals surface area contributed by atoms with Crippen LogP contribution in [0.5, 0.6) is 11.8 Å². The highest BCUT2D eigenvalue weighted by Crippen LogP contribution is 2.42. The number of nitrogens with one attached hydrogen (secondary N) is 1. The molecule has 2 unspecified atom stereocenters. The zero-order valence-corrected chi connectivity index (χ0v) is 24.6. The molecule has 2 N–H and O–H groups in total. The molecule has 0 bridgehead atoms. The first-order valence-electron chi connectivity index (χ1n) is 15.0. The van der Waals surface area contributed by atoms with Crippen LogP contribution in [0.15, 0.2) is 30.5 Å². The predicted molar refractivity (Wildman–Crippen MR) is 163 cm³/mol. The topological polar surface area (TPSA) is 86.6 Å². The summed E-state index contributed by atoms with van der Waals surface area (Å²) in [5.41, 5.74) is -0.544. The van der Waals surface area contributed by atoms with Crippen LogP contribution in [0.1, 0.15) is 38.2 Å². The minimum atomic E-state index is -0.921. The largest absolute Gasteiger partial charge is 0.508 e. The number of terminal acetylenes is 1. The van der Waals surface area contributed by atoms with Crippen molar-refractivity contribution in [3.05, 3.63) is 47.7 Å². The molecule has 11 heteroatoms. The molecule has 3 aliphatic rings. The highest BCUT2D eigenvalue weighted by molar-refractivity contribution is 6.03. The molecule has 8 nitrogen and oxygen atoms in total. The van der Waals surface area contributed by atoms with Gasteiger partial charge in [-0.3, -0.25) is 9.88 Å². The average molecular weight is 603 g/mol. The van der Waals surface area contributed by atoms with Gasteiger partial charge in [-0.25, -0.2) is 13.2 Å². The number of nitrogens with zero attached hydrogens (tertiary/aromatic N) is 5. The van der Waals surface area contributed by atoms with Gasteiger partial charge in [0.2, 0.25) is 0 Å². The van der Waals surface area contributed by atoms with E-state index in [1.807, 2.05) is 11.9 Å². The molecule has 4 aromatic rings. The summed E-state index contributed by atoms with van der Waals surface area (Å²) >= 11 is 0. The quantitative estimate of drug-likeness (QED) is 0.300. The first-order valence-corrected chi connectivity index (χ1v) is 15.0. The fraction of sp³-hybridized carbons (Fsp3) is 0.424. The van der Waals surface area contributed by atoms with E-state index in [1.54, 1.807) is 0 Å². The van der Waals surface area contributed by atoms with Crippen LogP contribution in [0, 0.1) is 24.0 Å². The molecule has 0 radical (unpaired) electrons. The first-order chi connectivity index (χ1) is 21.2. The van der Waals surface area contributed by atoms with Gasteiger partial charge >= 0.3 is 6.01 Å². The molecule has 2 aromatic heterocycles. The normalized spacial score (nSPS) is 25.0. The summed E-state index contributed by atoms with van der Waals surface area (Å²) < 4.78 is 52.1. The summed E-state index contributed by atoms with van der Waals surface area (Å²) in [5.74, 6) is 1.24. The Morgan fingerprint density at radius 1 is 1.27 bits per heavy atom. The Hall–Kier alpha value is -4.14. The lowest BCUT2D eigenvalue weighted by molar-refractivity contribution is 0.107. The number of benzene rings is 2. The van der Waals surface area contributed by atoms with Gasteiger partial charge in [-0.05, 0) is 62.9 Å². The number of ether oxygens (including phenoxy) is 1. The van der Waals surface area contributed by atoms with Crippen molar-refractivity contribution in [2.75, 3.05) is 38.2 Å². The molecule has 3 saturated heterocycles. The van der Waals surface area contributed by atoms with Gasteiger partial charge in [0.1, 0.15) is 41.4 Å². The third-order valence-corrected chi connectivity index (χ3v) is 9.64. The number of hydrogen-bond donors (Lipinski definition) is 2. The second kappa shape index (κ2) is 10.8. The maximum Gasteiger partial charge on any atom is 0.319 e. The van der Waals surface area contributed by atoms with E-state index in [9.17, 15) is 13.9 Å². The summed E-state index contributed by atoms with van der Waals surface area (Å²) in [5, 5.41) is 15.0. The molecule has 0 amide bonds. The minimum absolute atomic E-state index is 0.0198. The highest BCUT2D eigenvalue weighted by Gasteiger charge is 2.49. The fourth-order valence-electron chi connectivity index (χ4n) is 7.47. The molecule has 3 fully saturated rings. The summed E-state index contributed by atoms with van der Waals surface area (Å²) in [6.07, 6.45) is 9.23. The Balaban J connectivity index is 1.39. The molecule has 3 aliphatic heterocycles. The van der Waals surface area contributed by atoms with Crippen molar-refractivity contribution in [1.82, 2.24) is 25.2 Å². The van der Waals surface area contributed by atoms with Crippen LogP contribution in [0.25, 0.3) is 32.9 Å². The van der Waals surface area contributed by atoms with Crippen LogP contribution < -0.4 is 15.0 Å². The third kappa shape index (κ3) is 4.59. The number of hydrogen-bond acceptors (Lipinski definition) is 8. The van der Waals surface area contributed by atoms with Gasteiger partial charge in [0.15, 0.2) is 5.82 Å². The van der Waals surface area contributed by atoms with Crippen molar-refractivity contribution in [1.29, 1.82) is 0 Å². The predicted octanol–water partition coefficient (Wildman–Crippen LogP) is 4.95. The summed E-state index contributed by atoms with van der Waals surface area (Å²) in [7, 11) is 1.90. The maximum atomic E-state index is 16.7. The lowest BCUT2D eigenvalue weighted by Crippen LogP contribution is -2.43. The van der Waals surface area contributed by atoms with Crippen molar-refractivity contribution in [3.8, 4) is 35.4 Å². The van der Waals surface area contributed by atoms with Crippen LogP contribution in [-0.4, -0.2) is 82.0 Å². The Bertz CT molecular complexity index is 1830. The van der Waals surface area contributed by atoms with Gasteiger partial charge < -0.3 is 20.1 Å². The standard InChI is InChI=1S/C33H33F3N6O2/c1-4-22-25(35)7-6-19-12-21(43)13-23(27(19)22)29-28(36)30-24(15-38-29)31(41(3)26-8-10-37-18(26)2)40-32(39-30)44-17-33-9-5-11-42(33)16-20(34)14-33/h1,6-7,12-13,15,18,20,26,37,43H,5,8-11,14,16-17H2,2-3H3/t18?,20-,26?,33+/m1/s1. The zero-order valence-electron chi connectivity index (χ0n) is 24.6. The molecule has 0 aliphatic carbocycles. The SMILES string of the molecule is C#Cc1c(F)ccc2cc(O)cc(-c3ncc4c(N(C)C5CCNC5C)nc(OC[C@@]56CCCN5C[C@H](F)C6)nc4c3F)c12. The maximum absolute atomic E-state index is 16.7. The van der Waals surface area contributed by atoms with E-state index in [-0.39, 0.29) is 58.2 Å². The van der Waals surface area contributed by atoms with E-state index < -0.39 is 23.3 Å². The number of aromatic hydroxyl groups is 1. The van der Waals surface area contributed by atoms with E-state index in [1.165, 1.54) is 30.5 Å². The molecular formula is C33H33F3N6O2. The number of aromatic nitrogens is 3. The Morgan fingerprint density at radius 2 is 2.11 bits per heavy atom. The lowest BCUT2D eigenvalue weighted by Gasteiger charge is -2.31. The van der Waals surface area contributed by atoms with E-state index in [0.29, 0.717) is 29.6 Å². The number of anilines is 1. The second-order valence-electron chi connectivity index (χ2n) is 12.2. The Morgan fingerprint density at radius 3 is 2.89 bits per heavy atom. The van der Waals surface area contributed by atoms with Crippen LogP contribution in [0.4, 0.5) is 19.0 Å². The molecule has 0 saturated carbocycles. The minimum Gasteiger partial charge on any atom is -0.508 e. The zero-order chi connectivity index (χ0) is 30.7. The third-order valence-electron chi connectivity index (χ3n) is 9.64. The van der Waals surface area contributed by atoms with Gasteiger partial charge in [0.25, 0.3) is 0 Å². The molecule has 0 spiro atoms. The molecular weight excluding hydrogens is 569 g/mol. The van der Waals surface area contributed by atoms with Gasteiger partial charge in [-0.1, -0.05) is 12.0 Å². The van der Waals surface area contributed by atoms with Crippen molar-refractivity contribution in [3.63, 3.8) is 0 Å². The summed E-state index contributed by atoms with van der Waals surface area (Å²) in [6.45, 7) is 4.29. The lowest BCUT2D eigenvalue weighted by atomic mass is 9.95.